The lowest BCUT2D eigenvalue weighted by Crippen LogP contribution is -2.38. The molecule has 1 aromatic heterocycles. The maximum atomic E-state index is 12.9. The van der Waals surface area contributed by atoms with Gasteiger partial charge < -0.3 is 4.57 Å². The van der Waals surface area contributed by atoms with E-state index in [9.17, 15) is 9.59 Å². The van der Waals surface area contributed by atoms with Crippen molar-refractivity contribution in [3.8, 4) is 0 Å². The number of imide groups is 1. The molecule has 2 fully saturated rings. The summed E-state index contributed by atoms with van der Waals surface area (Å²) in [5, 5.41) is 6.64. The summed E-state index contributed by atoms with van der Waals surface area (Å²) >= 11 is 0. The highest BCUT2D eigenvalue weighted by molar-refractivity contribution is 6.07. The van der Waals surface area contributed by atoms with Gasteiger partial charge in [0.1, 0.15) is 0 Å². The Morgan fingerprint density at radius 3 is 2.30 bits per heavy atom. The molecular formula is C22H23N3O2. The van der Waals surface area contributed by atoms with Crippen molar-refractivity contribution in [2.75, 3.05) is 0 Å². The fourth-order valence-corrected chi connectivity index (χ4v) is 5.32. The molecule has 1 saturated heterocycles. The molecule has 0 radical (unpaired) electrons. The van der Waals surface area contributed by atoms with Crippen LogP contribution in [0.4, 0.5) is 0 Å². The number of hydrogen-bond donors (Lipinski definition) is 0. The Bertz CT molecular complexity index is 984. The fraction of sp³-hybridized carbons (Fsp3) is 0.409. The summed E-state index contributed by atoms with van der Waals surface area (Å²) in [5.74, 6) is -0.289. The number of para-hydroxylation sites is 1. The predicted octanol–water partition coefficient (Wildman–Crippen LogP) is 3.50. The van der Waals surface area contributed by atoms with Crippen LogP contribution in [0.5, 0.6) is 0 Å². The third-order valence-corrected chi connectivity index (χ3v) is 6.63. The van der Waals surface area contributed by atoms with Crippen molar-refractivity contribution in [3.63, 3.8) is 0 Å². The first-order valence-corrected chi connectivity index (χ1v) is 9.79. The van der Waals surface area contributed by atoms with E-state index in [4.69, 9.17) is 0 Å². The number of allylic oxidation sites excluding steroid dienone is 2. The van der Waals surface area contributed by atoms with Gasteiger partial charge in [0.05, 0.1) is 18.1 Å². The Hall–Kier alpha value is -2.69. The molecule has 1 aliphatic heterocycles. The highest BCUT2D eigenvalue weighted by Crippen LogP contribution is 2.49. The maximum absolute atomic E-state index is 12.9. The lowest BCUT2D eigenvalue weighted by molar-refractivity contribution is -0.140. The summed E-state index contributed by atoms with van der Waals surface area (Å²) < 4.78 is 2.23. The van der Waals surface area contributed by atoms with Gasteiger partial charge in [0.25, 0.3) is 11.8 Å². The van der Waals surface area contributed by atoms with Gasteiger partial charge in [0.15, 0.2) is 0 Å². The molecule has 0 spiro atoms. The van der Waals surface area contributed by atoms with Gasteiger partial charge in [-0.2, -0.15) is 10.1 Å². The molecule has 2 heterocycles. The molecule has 2 amide bonds. The average Bonchev–Trinajstić information content (AvgIpc) is 3.13. The molecule has 138 valence electrons. The Balaban J connectivity index is 1.52. The van der Waals surface area contributed by atoms with Crippen LogP contribution in [0.15, 0.2) is 41.5 Å². The van der Waals surface area contributed by atoms with E-state index in [2.05, 4.69) is 47.8 Å². The molecule has 1 saturated carbocycles. The summed E-state index contributed by atoms with van der Waals surface area (Å²) in [5.41, 5.74) is 3.22. The number of hydrazone groups is 1. The topological polar surface area (TPSA) is 54.7 Å². The number of rotatable bonds is 3. The number of amides is 2. The van der Waals surface area contributed by atoms with Gasteiger partial charge in [-0.25, -0.2) is 0 Å². The first kappa shape index (κ1) is 16.5. The second kappa shape index (κ2) is 5.91. The molecule has 4 aliphatic rings. The zero-order valence-electron chi connectivity index (χ0n) is 15.6. The summed E-state index contributed by atoms with van der Waals surface area (Å²) in [6.45, 7) is 5.03. The number of fused-ring (bicyclic) bond motifs is 2. The molecule has 3 aliphatic carbocycles. The quantitative estimate of drug-likeness (QED) is 0.477. The van der Waals surface area contributed by atoms with Crippen LogP contribution in [0.1, 0.15) is 31.0 Å². The SMILES string of the molecule is CCn1c(C)c(/C=N\N2C(=O)[C@@H]3[C@@H](C2=O)[C@H]2C=C[C@H]3CC2)c2ccccc21. The highest BCUT2D eigenvalue weighted by atomic mass is 16.2. The van der Waals surface area contributed by atoms with E-state index in [-0.39, 0.29) is 35.5 Å². The minimum absolute atomic E-state index is 0.128. The second-order valence-corrected chi connectivity index (χ2v) is 7.83. The molecule has 0 unspecified atom stereocenters. The molecule has 27 heavy (non-hydrogen) atoms. The third kappa shape index (κ3) is 2.20. The molecule has 5 heteroatoms. The number of aryl methyl sites for hydroxylation is 1. The van der Waals surface area contributed by atoms with Crippen LogP contribution < -0.4 is 0 Å². The van der Waals surface area contributed by atoms with E-state index in [1.165, 1.54) is 0 Å². The molecular weight excluding hydrogens is 338 g/mol. The van der Waals surface area contributed by atoms with Crippen LogP contribution >= 0.6 is 0 Å². The van der Waals surface area contributed by atoms with Gasteiger partial charge in [-0.3, -0.25) is 9.59 Å². The van der Waals surface area contributed by atoms with Gasteiger partial charge in [0, 0.05) is 28.7 Å². The molecule has 2 bridgehead atoms. The van der Waals surface area contributed by atoms with E-state index in [0.29, 0.717) is 0 Å². The molecule has 4 atom stereocenters. The second-order valence-electron chi connectivity index (χ2n) is 7.83. The van der Waals surface area contributed by atoms with E-state index in [1.807, 2.05) is 12.1 Å². The Kier molecular flexibility index (Phi) is 3.61. The molecule has 5 nitrogen and oxygen atoms in total. The van der Waals surface area contributed by atoms with Crippen LogP contribution in [0.25, 0.3) is 10.9 Å². The zero-order chi connectivity index (χ0) is 18.7. The number of hydrogen-bond acceptors (Lipinski definition) is 3. The van der Waals surface area contributed by atoms with Crippen molar-refractivity contribution in [1.82, 2.24) is 9.58 Å². The van der Waals surface area contributed by atoms with Gasteiger partial charge in [-0.15, -0.1) is 0 Å². The van der Waals surface area contributed by atoms with Gasteiger partial charge >= 0.3 is 0 Å². The molecule has 1 aromatic carbocycles. The molecule has 6 rings (SSSR count). The predicted molar refractivity (Wildman–Crippen MR) is 104 cm³/mol. The first-order valence-electron chi connectivity index (χ1n) is 9.79. The lowest BCUT2D eigenvalue weighted by atomic mass is 9.63. The number of nitrogens with zero attached hydrogens (tertiary/aromatic N) is 3. The van der Waals surface area contributed by atoms with Crippen LogP contribution in [0.2, 0.25) is 0 Å². The van der Waals surface area contributed by atoms with Crippen molar-refractivity contribution in [3.05, 3.63) is 47.7 Å². The van der Waals surface area contributed by atoms with Crippen molar-refractivity contribution in [2.45, 2.75) is 33.2 Å². The van der Waals surface area contributed by atoms with Crippen molar-refractivity contribution in [1.29, 1.82) is 0 Å². The van der Waals surface area contributed by atoms with Gasteiger partial charge in [-0.05, 0) is 44.6 Å². The van der Waals surface area contributed by atoms with E-state index in [1.54, 1.807) is 6.21 Å². The summed E-state index contributed by atoms with van der Waals surface area (Å²) in [6.07, 6.45) is 7.97. The van der Waals surface area contributed by atoms with Crippen LogP contribution in [0, 0.1) is 30.6 Å². The molecule has 2 aromatic rings. The summed E-state index contributed by atoms with van der Waals surface area (Å²) in [4.78, 5) is 25.8. The minimum atomic E-state index is -0.212. The van der Waals surface area contributed by atoms with E-state index < -0.39 is 0 Å². The average molecular weight is 361 g/mol. The van der Waals surface area contributed by atoms with Gasteiger partial charge in [0.2, 0.25) is 0 Å². The van der Waals surface area contributed by atoms with Gasteiger partial charge in [-0.1, -0.05) is 30.4 Å². The molecule has 0 N–H and O–H groups in total. The van der Waals surface area contributed by atoms with Crippen LogP contribution in [0.3, 0.4) is 0 Å². The van der Waals surface area contributed by atoms with E-state index >= 15 is 0 Å². The first-order chi connectivity index (χ1) is 13.1. The minimum Gasteiger partial charge on any atom is -0.344 e. The fourth-order valence-electron chi connectivity index (χ4n) is 5.32. The highest BCUT2D eigenvalue weighted by Gasteiger charge is 2.56. The van der Waals surface area contributed by atoms with Crippen LogP contribution in [-0.4, -0.2) is 27.6 Å². The van der Waals surface area contributed by atoms with Crippen LogP contribution in [-0.2, 0) is 16.1 Å². The van der Waals surface area contributed by atoms with E-state index in [0.717, 1.165) is 46.6 Å². The standard InChI is InChI=1S/C22H23N3O2/c1-3-24-13(2)17(16-6-4-5-7-18(16)24)12-23-25-21(26)19-14-8-9-15(11-10-14)20(19)22(25)27/h4-9,12,14-15,19-20H,3,10-11H2,1-2H3/b23-12-/t14-,15-,19-,20-/m0/s1. The lowest BCUT2D eigenvalue weighted by Gasteiger charge is -2.37. The summed E-state index contributed by atoms with van der Waals surface area (Å²) in [7, 11) is 0. The Labute approximate surface area is 158 Å². The Morgan fingerprint density at radius 1 is 1.07 bits per heavy atom. The number of carbonyl (C=O) groups excluding carboxylic acids is 2. The maximum Gasteiger partial charge on any atom is 0.254 e. The summed E-state index contributed by atoms with van der Waals surface area (Å²) in [6, 6.07) is 8.18. The normalized spacial score (nSPS) is 29.5. The number of benzene rings is 1. The zero-order valence-corrected chi connectivity index (χ0v) is 15.6. The number of carbonyl (C=O) groups is 2. The third-order valence-electron chi connectivity index (χ3n) is 6.63. The largest absolute Gasteiger partial charge is 0.344 e. The van der Waals surface area contributed by atoms with Crippen molar-refractivity contribution in [2.24, 2.45) is 28.8 Å². The Morgan fingerprint density at radius 2 is 1.70 bits per heavy atom. The monoisotopic (exact) mass is 361 g/mol. The number of aromatic nitrogens is 1. The van der Waals surface area contributed by atoms with Crippen molar-refractivity contribution < 1.29 is 9.59 Å². The van der Waals surface area contributed by atoms with Crippen molar-refractivity contribution >= 4 is 28.9 Å². The smallest absolute Gasteiger partial charge is 0.254 e.